The molecule has 0 bridgehead atoms. The number of anilines is 1. The Morgan fingerprint density at radius 1 is 1.20 bits per heavy atom. The molecule has 0 spiro atoms. The Morgan fingerprint density at radius 3 is 2.57 bits per heavy atom. The highest BCUT2D eigenvalue weighted by atomic mass is 32.2. The fourth-order valence-electron chi connectivity index (χ4n) is 2.65. The first kappa shape index (κ1) is 20.9. The molecule has 0 fully saturated rings. The van der Waals surface area contributed by atoms with Gasteiger partial charge in [0.1, 0.15) is 10.6 Å². The van der Waals surface area contributed by atoms with Crippen molar-refractivity contribution in [2.24, 2.45) is 0 Å². The van der Waals surface area contributed by atoms with Crippen LogP contribution in [0, 0.1) is 10.1 Å². The molecule has 11 nitrogen and oxygen atoms in total. The van der Waals surface area contributed by atoms with Gasteiger partial charge in [-0.1, -0.05) is 0 Å². The Kier molecular flexibility index (Phi) is 5.52. The number of benzene rings is 2. The van der Waals surface area contributed by atoms with Crippen molar-refractivity contribution in [2.45, 2.75) is 4.90 Å². The maximum Gasteiger partial charge on any atom is 0.338 e. The van der Waals surface area contributed by atoms with Gasteiger partial charge >= 0.3 is 5.97 Å². The first-order valence-corrected chi connectivity index (χ1v) is 10.2. The van der Waals surface area contributed by atoms with Gasteiger partial charge in [0.2, 0.25) is 0 Å². The van der Waals surface area contributed by atoms with Gasteiger partial charge in [0, 0.05) is 17.9 Å². The molecule has 1 amide bonds. The number of fused-ring (bicyclic) bond motifs is 1. The van der Waals surface area contributed by atoms with Crippen molar-refractivity contribution in [1.82, 2.24) is 0 Å². The number of sulfone groups is 1. The Balaban J connectivity index is 1.73. The van der Waals surface area contributed by atoms with E-state index in [0.717, 1.165) is 24.5 Å². The summed E-state index contributed by atoms with van der Waals surface area (Å²) < 4.78 is 33.3. The van der Waals surface area contributed by atoms with Crippen LogP contribution in [0.25, 0.3) is 0 Å². The summed E-state index contributed by atoms with van der Waals surface area (Å²) in [6.45, 7) is -0.809. The zero-order valence-electron chi connectivity index (χ0n) is 15.4. The van der Waals surface area contributed by atoms with Crippen LogP contribution in [-0.2, 0) is 19.4 Å². The standard InChI is InChI=1S/C18H14N2O9S/c1-30(26,27)16-5-3-11(7-13(16)20(24)25)18(23)29-8-14(21)10-2-4-15-12(6-10)19-17(22)9-28-15/h2-7H,8-9H2,1H3,(H,19,22). The van der Waals surface area contributed by atoms with E-state index in [2.05, 4.69) is 5.32 Å². The van der Waals surface area contributed by atoms with E-state index in [0.29, 0.717) is 11.4 Å². The number of nitrogens with zero attached hydrogens (tertiary/aromatic N) is 1. The van der Waals surface area contributed by atoms with Crippen LogP contribution in [0.3, 0.4) is 0 Å². The number of ketones is 1. The number of nitrogens with one attached hydrogen (secondary N) is 1. The SMILES string of the molecule is CS(=O)(=O)c1ccc(C(=O)OCC(=O)c2ccc3c(c2)NC(=O)CO3)cc1[N+](=O)[O-]. The van der Waals surface area contributed by atoms with Gasteiger partial charge in [0.05, 0.1) is 16.2 Å². The minimum atomic E-state index is -3.88. The first-order chi connectivity index (χ1) is 14.1. The molecule has 0 unspecified atom stereocenters. The van der Waals surface area contributed by atoms with E-state index in [1.807, 2.05) is 0 Å². The summed E-state index contributed by atoms with van der Waals surface area (Å²) in [5, 5.41) is 13.7. The van der Waals surface area contributed by atoms with Crippen LogP contribution >= 0.6 is 0 Å². The lowest BCUT2D eigenvalue weighted by atomic mass is 10.1. The molecule has 0 aromatic heterocycles. The minimum Gasteiger partial charge on any atom is -0.482 e. The van der Waals surface area contributed by atoms with Crippen LogP contribution in [0.1, 0.15) is 20.7 Å². The van der Waals surface area contributed by atoms with E-state index < -0.39 is 43.7 Å². The van der Waals surface area contributed by atoms with Gasteiger partial charge in [-0.05, 0) is 30.3 Å². The highest BCUT2D eigenvalue weighted by Gasteiger charge is 2.25. The molecule has 0 saturated heterocycles. The van der Waals surface area contributed by atoms with Crippen LogP contribution in [0.4, 0.5) is 11.4 Å². The summed E-state index contributed by atoms with van der Waals surface area (Å²) in [6, 6.07) is 7.04. The molecular formula is C18H14N2O9S. The Bertz CT molecular complexity index is 1190. The number of nitro benzene ring substituents is 1. The second-order valence-electron chi connectivity index (χ2n) is 6.26. The average Bonchev–Trinajstić information content (AvgIpc) is 2.69. The van der Waals surface area contributed by atoms with Crippen molar-refractivity contribution in [3.8, 4) is 5.75 Å². The minimum absolute atomic E-state index is 0.137. The number of hydrogen-bond acceptors (Lipinski definition) is 9. The van der Waals surface area contributed by atoms with Crippen molar-refractivity contribution in [1.29, 1.82) is 0 Å². The summed E-state index contributed by atoms with van der Waals surface area (Å²) >= 11 is 0. The zero-order valence-corrected chi connectivity index (χ0v) is 16.2. The van der Waals surface area contributed by atoms with E-state index in [9.17, 15) is 32.9 Å². The number of ether oxygens (including phenoxy) is 2. The lowest BCUT2D eigenvalue weighted by Crippen LogP contribution is -2.25. The summed E-state index contributed by atoms with van der Waals surface area (Å²) in [5.74, 6) is -1.62. The number of Topliss-reactive ketones (excluding diaryl/α,β-unsaturated/α-hetero) is 1. The third-order valence-electron chi connectivity index (χ3n) is 4.06. The molecule has 0 aliphatic carbocycles. The van der Waals surface area contributed by atoms with Gasteiger partial charge in [0.15, 0.2) is 28.8 Å². The second kappa shape index (κ2) is 7.91. The Labute approximate surface area is 169 Å². The third kappa shape index (κ3) is 4.43. The van der Waals surface area contributed by atoms with Gasteiger partial charge < -0.3 is 14.8 Å². The Morgan fingerprint density at radius 2 is 1.90 bits per heavy atom. The lowest BCUT2D eigenvalue weighted by Gasteiger charge is -2.18. The molecule has 0 saturated carbocycles. The molecule has 1 heterocycles. The summed E-state index contributed by atoms with van der Waals surface area (Å²) in [7, 11) is -3.88. The van der Waals surface area contributed by atoms with E-state index in [4.69, 9.17) is 9.47 Å². The average molecular weight is 434 g/mol. The van der Waals surface area contributed by atoms with Gasteiger partial charge in [-0.15, -0.1) is 0 Å². The maximum absolute atomic E-state index is 12.3. The largest absolute Gasteiger partial charge is 0.482 e. The number of hydrogen-bond donors (Lipinski definition) is 1. The molecule has 2 aromatic carbocycles. The summed E-state index contributed by atoms with van der Waals surface area (Å²) in [6.07, 6.45) is 0.804. The summed E-state index contributed by atoms with van der Waals surface area (Å²) in [5.41, 5.74) is -0.613. The number of amides is 1. The predicted molar refractivity (Wildman–Crippen MR) is 101 cm³/mol. The molecule has 156 valence electrons. The summed E-state index contributed by atoms with van der Waals surface area (Å²) in [4.78, 5) is 45.5. The maximum atomic E-state index is 12.3. The topological polar surface area (TPSA) is 159 Å². The smallest absolute Gasteiger partial charge is 0.338 e. The molecule has 0 atom stereocenters. The van der Waals surface area contributed by atoms with Gasteiger partial charge in [-0.2, -0.15) is 0 Å². The van der Waals surface area contributed by atoms with Gasteiger partial charge in [-0.25, -0.2) is 13.2 Å². The van der Waals surface area contributed by atoms with Gasteiger partial charge in [-0.3, -0.25) is 19.7 Å². The van der Waals surface area contributed by atoms with Crippen LogP contribution in [0.15, 0.2) is 41.3 Å². The monoisotopic (exact) mass is 434 g/mol. The quantitative estimate of drug-likeness (QED) is 0.306. The normalized spacial score (nSPS) is 12.9. The van der Waals surface area contributed by atoms with Crippen LogP contribution in [0.2, 0.25) is 0 Å². The van der Waals surface area contributed by atoms with E-state index in [-0.39, 0.29) is 23.6 Å². The highest BCUT2D eigenvalue weighted by molar-refractivity contribution is 7.90. The number of esters is 1. The van der Waals surface area contributed by atoms with Crippen molar-refractivity contribution in [2.75, 3.05) is 24.8 Å². The van der Waals surface area contributed by atoms with Crippen LogP contribution in [0.5, 0.6) is 5.75 Å². The number of carbonyl (C=O) groups excluding carboxylic acids is 3. The molecule has 2 aromatic rings. The molecule has 1 aliphatic rings. The van der Waals surface area contributed by atoms with E-state index in [1.165, 1.54) is 18.2 Å². The van der Waals surface area contributed by atoms with Gasteiger partial charge in [0.25, 0.3) is 11.6 Å². The van der Waals surface area contributed by atoms with Crippen molar-refractivity contribution >= 4 is 38.9 Å². The van der Waals surface area contributed by atoms with E-state index >= 15 is 0 Å². The van der Waals surface area contributed by atoms with E-state index in [1.54, 1.807) is 0 Å². The molecule has 1 aliphatic heterocycles. The molecule has 0 radical (unpaired) electrons. The lowest BCUT2D eigenvalue weighted by molar-refractivity contribution is -0.387. The van der Waals surface area contributed by atoms with Crippen molar-refractivity contribution in [3.63, 3.8) is 0 Å². The molecule has 1 N–H and O–H groups in total. The highest BCUT2D eigenvalue weighted by Crippen LogP contribution is 2.29. The fraction of sp³-hybridized carbons (Fsp3) is 0.167. The van der Waals surface area contributed by atoms with Crippen molar-refractivity contribution in [3.05, 3.63) is 57.6 Å². The third-order valence-corrected chi connectivity index (χ3v) is 5.20. The van der Waals surface area contributed by atoms with Crippen molar-refractivity contribution < 1.29 is 37.2 Å². The second-order valence-corrected chi connectivity index (χ2v) is 8.24. The fourth-order valence-corrected chi connectivity index (χ4v) is 3.48. The number of nitro groups is 1. The molecular weight excluding hydrogens is 420 g/mol. The number of carbonyl (C=O) groups is 3. The van der Waals surface area contributed by atoms with Crippen LogP contribution < -0.4 is 10.1 Å². The molecule has 30 heavy (non-hydrogen) atoms. The zero-order chi connectivity index (χ0) is 22.1. The number of rotatable bonds is 6. The first-order valence-electron chi connectivity index (χ1n) is 8.32. The predicted octanol–water partition coefficient (Wildman–Crippen LogP) is 1.37. The van der Waals surface area contributed by atoms with Crippen LogP contribution in [-0.4, -0.2) is 50.5 Å². The molecule has 3 rings (SSSR count). The Hall–Kier alpha value is -3.80. The molecule has 12 heteroatoms.